The van der Waals surface area contributed by atoms with Crippen molar-refractivity contribution in [1.82, 2.24) is 5.32 Å². The maximum absolute atomic E-state index is 12.2. The Hall–Kier alpha value is -2.28. The SMILES string of the molecule is CCCC(N)C(=O)NC(CC(=O)OC)c1ccc(OC)c(OC)c1. The van der Waals surface area contributed by atoms with Crippen molar-refractivity contribution in [3.63, 3.8) is 0 Å². The molecule has 24 heavy (non-hydrogen) atoms. The van der Waals surface area contributed by atoms with E-state index in [1.54, 1.807) is 18.2 Å². The van der Waals surface area contributed by atoms with Crippen molar-refractivity contribution in [1.29, 1.82) is 0 Å². The van der Waals surface area contributed by atoms with Gasteiger partial charge in [0, 0.05) is 0 Å². The van der Waals surface area contributed by atoms with Gasteiger partial charge in [-0.2, -0.15) is 0 Å². The van der Waals surface area contributed by atoms with Crippen LogP contribution in [-0.2, 0) is 14.3 Å². The van der Waals surface area contributed by atoms with E-state index in [4.69, 9.17) is 19.9 Å². The van der Waals surface area contributed by atoms with Gasteiger partial charge in [-0.25, -0.2) is 0 Å². The van der Waals surface area contributed by atoms with E-state index in [-0.39, 0.29) is 12.3 Å². The van der Waals surface area contributed by atoms with E-state index in [9.17, 15) is 9.59 Å². The molecule has 0 saturated carbocycles. The molecule has 1 amide bonds. The van der Waals surface area contributed by atoms with Gasteiger partial charge in [0.05, 0.1) is 39.8 Å². The molecule has 7 nitrogen and oxygen atoms in total. The van der Waals surface area contributed by atoms with Crippen LogP contribution < -0.4 is 20.5 Å². The summed E-state index contributed by atoms with van der Waals surface area (Å²) in [4.78, 5) is 23.9. The van der Waals surface area contributed by atoms with E-state index in [0.29, 0.717) is 23.5 Å². The first-order chi connectivity index (χ1) is 11.5. The molecule has 0 aliphatic heterocycles. The van der Waals surface area contributed by atoms with Crippen LogP contribution in [0.1, 0.15) is 37.8 Å². The van der Waals surface area contributed by atoms with Crippen molar-refractivity contribution in [2.75, 3.05) is 21.3 Å². The monoisotopic (exact) mass is 338 g/mol. The lowest BCUT2D eigenvalue weighted by molar-refractivity contribution is -0.141. The minimum Gasteiger partial charge on any atom is -0.493 e. The van der Waals surface area contributed by atoms with Crippen LogP contribution in [0.2, 0.25) is 0 Å². The van der Waals surface area contributed by atoms with Crippen molar-refractivity contribution in [2.24, 2.45) is 5.73 Å². The highest BCUT2D eigenvalue weighted by Crippen LogP contribution is 2.31. The number of ether oxygens (including phenoxy) is 3. The molecule has 0 aromatic heterocycles. The Labute approximate surface area is 142 Å². The third-order valence-corrected chi connectivity index (χ3v) is 3.66. The maximum Gasteiger partial charge on any atom is 0.307 e. The second kappa shape index (κ2) is 9.77. The topological polar surface area (TPSA) is 99.9 Å². The maximum atomic E-state index is 12.2. The fourth-order valence-electron chi connectivity index (χ4n) is 2.29. The first kappa shape index (κ1) is 19.8. The summed E-state index contributed by atoms with van der Waals surface area (Å²) in [5.74, 6) is 0.337. The molecule has 0 heterocycles. The van der Waals surface area contributed by atoms with Crippen LogP contribution in [0.3, 0.4) is 0 Å². The number of nitrogens with two attached hydrogens (primary N) is 1. The molecule has 0 fully saturated rings. The summed E-state index contributed by atoms with van der Waals surface area (Å²) in [7, 11) is 4.36. The Morgan fingerprint density at radius 1 is 1.17 bits per heavy atom. The summed E-state index contributed by atoms with van der Waals surface area (Å²) in [5, 5.41) is 2.81. The summed E-state index contributed by atoms with van der Waals surface area (Å²) in [6.45, 7) is 1.95. The lowest BCUT2D eigenvalue weighted by atomic mass is 10.0. The molecule has 0 aliphatic carbocycles. The molecule has 0 bridgehead atoms. The third kappa shape index (κ3) is 5.42. The second-order valence-corrected chi connectivity index (χ2v) is 5.35. The highest BCUT2D eigenvalue weighted by Gasteiger charge is 2.23. The standard InChI is InChI=1S/C17H26N2O5/c1-5-6-12(18)17(21)19-13(10-16(20)24-4)11-7-8-14(22-2)15(9-11)23-3/h7-9,12-13H,5-6,10,18H2,1-4H3,(H,19,21). The average molecular weight is 338 g/mol. The molecule has 3 N–H and O–H groups in total. The molecule has 7 heteroatoms. The molecular formula is C17H26N2O5. The molecular weight excluding hydrogens is 312 g/mol. The number of esters is 1. The van der Waals surface area contributed by atoms with Gasteiger partial charge >= 0.3 is 5.97 Å². The lowest BCUT2D eigenvalue weighted by Crippen LogP contribution is -2.42. The Morgan fingerprint density at radius 3 is 2.38 bits per heavy atom. The second-order valence-electron chi connectivity index (χ2n) is 5.35. The van der Waals surface area contributed by atoms with Crippen molar-refractivity contribution in [3.05, 3.63) is 23.8 Å². The average Bonchev–Trinajstić information content (AvgIpc) is 2.60. The quantitative estimate of drug-likeness (QED) is 0.663. The van der Waals surface area contributed by atoms with Crippen LogP contribution in [0.15, 0.2) is 18.2 Å². The van der Waals surface area contributed by atoms with Crippen molar-refractivity contribution in [2.45, 2.75) is 38.3 Å². The third-order valence-electron chi connectivity index (χ3n) is 3.66. The fraction of sp³-hybridized carbons (Fsp3) is 0.529. The van der Waals surface area contributed by atoms with Crippen molar-refractivity contribution >= 4 is 11.9 Å². The fourth-order valence-corrected chi connectivity index (χ4v) is 2.29. The van der Waals surface area contributed by atoms with Crippen LogP contribution in [-0.4, -0.2) is 39.2 Å². The first-order valence-electron chi connectivity index (χ1n) is 7.81. The van der Waals surface area contributed by atoms with Gasteiger partial charge in [-0.3, -0.25) is 9.59 Å². The molecule has 0 saturated heterocycles. The zero-order valence-electron chi connectivity index (χ0n) is 14.6. The summed E-state index contributed by atoms with van der Waals surface area (Å²) in [6, 6.07) is 4.03. The Balaban J connectivity index is 3.05. The molecule has 0 spiro atoms. The van der Waals surface area contributed by atoms with Crippen LogP contribution >= 0.6 is 0 Å². The summed E-state index contributed by atoms with van der Waals surface area (Å²) < 4.78 is 15.2. The van der Waals surface area contributed by atoms with Crippen LogP contribution in [0.25, 0.3) is 0 Å². The predicted molar refractivity (Wildman–Crippen MR) is 89.9 cm³/mol. The number of benzene rings is 1. The number of amides is 1. The summed E-state index contributed by atoms with van der Waals surface area (Å²) in [5.41, 5.74) is 6.55. The molecule has 2 unspecified atom stereocenters. The zero-order chi connectivity index (χ0) is 18.1. The Kier molecular flexibility index (Phi) is 8.05. The molecule has 0 aliphatic rings. The van der Waals surface area contributed by atoms with Gasteiger partial charge in [0.15, 0.2) is 11.5 Å². The highest BCUT2D eigenvalue weighted by molar-refractivity contribution is 5.82. The number of rotatable bonds is 9. The summed E-state index contributed by atoms with van der Waals surface area (Å²) in [6.07, 6.45) is 1.37. The van der Waals surface area contributed by atoms with E-state index in [2.05, 4.69) is 5.32 Å². The molecule has 1 aromatic carbocycles. The number of methoxy groups -OCH3 is 3. The van der Waals surface area contributed by atoms with E-state index >= 15 is 0 Å². The normalized spacial score (nSPS) is 12.9. The lowest BCUT2D eigenvalue weighted by Gasteiger charge is -2.21. The molecule has 1 rings (SSSR count). The van der Waals surface area contributed by atoms with Crippen molar-refractivity contribution in [3.8, 4) is 11.5 Å². The summed E-state index contributed by atoms with van der Waals surface area (Å²) >= 11 is 0. The van der Waals surface area contributed by atoms with E-state index in [1.165, 1.54) is 21.3 Å². The smallest absolute Gasteiger partial charge is 0.307 e. The van der Waals surface area contributed by atoms with Crippen LogP contribution in [0.5, 0.6) is 11.5 Å². The van der Waals surface area contributed by atoms with Crippen LogP contribution in [0, 0.1) is 0 Å². The molecule has 134 valence electrons. The molecule has 1 aromatic rings. The minimum absolute atomic E-state index is 0.00340. The van der Waals surface area contributed by atoms with E-state index in [1.807, 2.05) is 6.92 Å². The Bertz CT molecular complexity index is 562. The largest absolute Gasteiger partial charge is 0.493 e. The number of nitrogens with one attached hydrogen (secondary N) is 1. The minimum atomic E-state index is -0.615. The first-order valence-corrected chi connectivity index (χ1v) is 7.81. The van der Waals surface area contributed by atoms with Gasteiger partial charge in [0.25, 0.3) is 0 Å². The Morgan fingerprint density at radius 2 is 1.83 bits per heavy atom. The zero-order valence-corrected chi connectivity index (χ0v) is 14.6. The van der Waals surface area contributed by atoms with E-state index in [0.717, 1.165) is 6.42 Å². The van der Waals surface area contributed by atoms with Gasteiger partial charge in [-0.15, -0.1) is 0 Å². The number of hydrogen-bond donors (Lipinski definition) is 2. The molecule has 0 radical (unpaired) electrons. The van der Waals surface area contributed by atoms with Gasteiger partial charge in [-0.05, 0) is 24.1 Å². The van der Waals surface area contributed by atoms with Crippen molar-refractivity contribution < 1.29 is 23.8 Å². The van der Waals surface area contributed by atoms with Gasteiger partial charge in [-0.1, -0.05) is 19.4 Å². The van der Waals surface area contributed by atoms with E-state index < -0.39 is 18.1 Å². The molecule has 2 atom stereocenters. The van der Waals surface area contributed by atoms with Gasteiger partial charge in [0.1, 0.15) is 0 Å². The number of carbonyl (C=O) groups excluding carboxylic acids is 2. The predicted octanol–water partition coefficient (Wildman–Crippen LogP) is 1.55. The number of hydrogen-bond acceptors (Lipinski definition) is 6. The van der Waals surface area contributed by atoms with Gasteiger partial charge < -0.3 is 25.3 Å². The highest BCUT2D eigenvalue weighted by atomic mass is 16.5. The number of carbonyl (C=O) groups is 2. The van der Waals surface area contributed by atoms with Crippen LogP contribution in [0.4, 0.5) is 0 Å². The van der Waals surface area contributed by atoms with Gasteiger partial charge in [0.2, 0.25) is 5.91 Å².